The van der Waals surface area contributed by atoms with Crippen molar-refractivity contribution in [2.24, 2.45) is 0 Å². The van der Waals surface area contributed by atoms with Gasteiger partial charge < -0.3 is 4.90 Å². The third-order valence-electron chi connectivity index (χ3n) is 3.22. The fourth-order valence-electron chi connectivity index (χ4n) is 2.02. The molecule has 1 heterocycles. The second-order valence-electron chi connectivity index (χ2n) is 4.94. The molecule has 2 nitrogen and oxygen atoms in total. The SMILES string of the molecule is CCCCCN(CCc1ccncc1)C(C)C. The normalized spacial score (nSPS) is 11.4. The maximum atomic E-state index is 4.05. The van der Waals surface area contributed by atoms with Crippen LogP contribution in [0.25, 0.3) is 0 Å². The zero-order valence-electron chi connectivity index (χ0n) is 11.5. The quantitative estimate of drug-likeness (QED) is 0.640. The van der Waals surface area contributed by atoms with Gasteiger partial charge in [0.15, 0.2) is 0 Å². The second-order valence-corrected chi connectivity index (χ2v) is 4.94. The Balaban J connectivity index is 2.34. The van der Waals surface area contributed by atoms with E-state index in [4.69, 9.17) is 0 Å². The highest BCUT2D eigenvalue weighted by Crippen LogP contribution is 2.06. The Labute approximate surface area is 106 Å². The van der Waals surface area contributed by atoms with Crippen molar-refractivity contribution in [1.82, 2.24) is 9.88 Å². The van der Waals surface area contributed by atoms with Crippen LogP contribution in [0, 0.1) is 0 Å². The summed E-state index contributed by atoms with van der Waals surface area (Å²) in [5.41, 5.74) is 1.39. The lowest BCUT2D eigenvalue weighted by Crippen LogP contribution is -2.33. The molecular formula is C15H26N2. The van der Waals surface area contributed by atoms with Crippen molar-refractivity contribution in [3.05, 3.63) is 30.1 Å². The van der Waals surface area contributed by atoms with Gasteiger partial charge in [0.25, 0.3) is 0 Å². The first-order chi connectivity index (χ1) is 8.24. The maximum Gasteiger partial charge on any atom is 0.0270 e. The van der Waals surface area contributed by atoms with E-state index in [9.17, 15) is 0 Å². The first-order valence-corrected chi connectivity index (χ1v) is 6.87. The summed E-state index contributed by atoms with van der Waals surface area (Å²) in [5, 5.41) is 0. The average Bonchev–Trinajstić information content (AvgIpc) is 2.34. The van der Waals surface area contributed by atoms with Crippen LogP contribution in [0.4, 0.5) is 0 Å². The zero-order chi connectivity index (χ0) is 12.5. The van der Waals surface area contributed by atoms with Gasteiger partial charge in [0, 0.05) is 25.0 Å². The molecule has 0 aliphatic rings. The molecule has 1 rings (SSSR count). The van der Waals surface area contributed by atoms with Crippen LogP contribution in [0.2, 0.25) is 0 Å². The Kier molecular flexibility index (Phi) is 6.87. The molecule has 0 aliphatic carbocycles. The van der Waals surface area contributed by atoms with Gasteiger partial charge in [-0.25, -0.2) is 0 Å². The lowest BCUT2D eigenvalue weighted by Gasteiger charge is -2.26. The predicted molar refractivity (Wildman–Crippen MR) is 74.2 cm³/mol. The van der Waals surface area contributed by atoms with E-state index < -0.39 is 0 Å². The summed E-state index contributed by atoms with van der Waals surface area (Å²) in [4.78, 5) is 6.63. The summed E-state index contributed by atoms with van der Waals surface area (Å²) >= 11 is 0. The molecule has 96 valence electrons. The van der Waals surface area contributed by atoms with Gasteiger partial charge in [-0.2, -0.15) is 0 Å². The fourth-order valence-corrected chi connectivity index (χ4v) is 2.02. The van der Waals surface area contributed by atoms with Gasteiger partial charge >= 0.3 is 0 Å². The number of pyridine rings is 1. The molecule has 0 aliphatic heterocycles. The number of nitrogens with zero attached hydrogens (tertiary/aromatic N) is 2. The van der Waals surface area contributed by atoms with Gasteiger partial charge in [-0.1, -0.05) is 19.8 Å². The van der Waals surface area contributed by atoms with Crippen LogP contribution < -0.4 is 0 Å². The minimum Gasteiger partial charge on any atom is -0.301 e. The van der Waals surface area contributed by atoms with Gasteiger partial charge in [-0.05, 0) is 50.9 Å². The molecule has 0 radical (unpaired) electrons. The summed E-state index contributed by atoms with van der Waals surface area (Å²) in [5.74, 6) is 0. The van der Waals surface area contributed by atoms with E-state index >= 15 is 0 Å². The maximum absolute atomic E-state index is 4.05. The standard InChI is InChI=1S/C15H26N2/c1-4-5-6-12-17(14(2)3)13-9-15-7-10-16-11-8-15/h7-8,10-11,14H,4-6,9,12-13H2,1-3H3. The second kappa shape index (κ2) is 8.24. The van der Waals surface area contributed by atoms with E-state index in [2.05, 4.69) is 42.8 Å². The van der Waals surface area contributed by atoms with Gasteiger partial charge in [-0.15, -0.1) is 0 Å². The summed E-state index contributed by atoms with van der Waals surface area (Å²) in [6.07, 6.45) is 8.87. The van der Waals surface area contributed by atoms with Gasteiger partial charge in [-0.3, -0.25) is 4.98 Å². The van der Waals surface area contributed by atoms with Crippen LogP contribution in [0.1, 0.15) is 45.6 Å². The average molecular weight is 234 g/mol. The first kappa shape index (κ1) is 14.2. The van der Waals surface area contributed by atoms with Gasteiger partial charge in [0.1, 0.15) is 0 Å². The summed E-state index contributed by atoms with van der Waals surface area (Å²) in [6, 6.07) is 4.88. The van der Waals surface area contributed by atoms with Crippen molar-refractivity contribution in [3.63, 3.8) is 0 Å². The molecule has 0 saturated carbocycles. The number of rotatable bonds is 8. The molecule has 0 unspecified atom stereocenters. The highest BCUT2D eigenvalue weighted by Gasteiger charge is 2.08. The van der Waals surface area contributed by atoms with Crippen LogP contribution in [0.5, 0.6) is 0 Å². The van der Waals surface area contributed by atoms with Gasteiger partial charge in [0.2, 0.25) is 0 Å². The van der Waals surface area contributed by atoms with E-state index in [1.54, 1.807) is 0 Å². The highest BCUT2D eigenvalue weighted by molar-refractivity contribution is 5.09. The van der Waals surface area contributed by atoms with Crippen molar-refractivity contribution >= 4 is 0 Å². The molecule has 2 heteroatoms. The minimum atomic E-state index is 0.647. The van der Waals surface area contributed by atoms with Crippen LogP contribution in [-0.2, 0) is 6.42 Å². The Morgan fingerprint density at radius 3 is 2.41 bits per heavy atom. The van der Waals surface area contributed by atoms with E-state index in [0.717, 1.165) is 13.0 Å². The van der Waals surface area contributed by atoms with Crippen molar-refractivity contribution in [3.8, 4) is 0 Å². The van der Waals surface area contributed by atoms with Crippen molar-refractivity contribution in [1.29, 1.82) is 0 Å². The third kappa shape index (κ3) is 5.83. The third-order valence-corrected chi connectivity index (χ3v) is 3.22. The zero-order valence-corrected chi connectivity index (χ0v) is 11.5. The number of hydrogen-bond donors (Lipinski definition) is 0. The van der Waals surface area contributed by atoms with Gasteiger partial charge in [0.05, 0.1) is 0 Å². The topological polar surface area (TPSA) is 16.1 Å². The van der Waals surface area contributed by atoms with Crippen molar-refractivity contribution < 1.29 is 0 Å². The van der Waals surface area contributed by atoms with E-state index in [-0.39, 0.29) is 0 Å². The highest BCUT2D eigenvalue weighted by atomic mass is 15.1. The van der Waals surface area contributed by atoms with Crippen LogP contribution >= 0.6 is 0 Å². The summed E-state index contributed by atoms with van der Waals surface area (Å²) < 4.78 is 0. The minimum absolute atomic E-state index is 0.647. The molecule has 17 heavy (non-hydrogen) atoms. The monoisotopic (exact) mass is 234 g/mol. The molecule has 0 fully saturated rings. The molecule has 0 N–H and O–H groups in total. The van der Waals surface area contributed by atoms with E-state index in [1.165, 1.54) is 31.4 Å². The molecule has 0 saturated heterocycles. The lowest BCUT2D eigenvalue weighted by molar-refractivity contribution is 0.220. The Bertz CT molecular complexity index is 282. The number of hydrogen-bond acceptors (Lipinski definition) is 2. The van der Waals surface area contributed by atoms with Crippen molar-refractivity contribution in [2.45, 2.75) is 52.5 Å². The first-order valence-electron chi connectivity index (χ1n) is 6.87. The van der Waals surface area contributed by atoms with E-state index in [0.29, 0.717) is 6.04 Å². The van der Waals surface area contributed by atoms with E-state index in [1.807, 2.05) is 12.4 Å². The van der Waals surface area contributed by atoms with Crippen LogP contribution in [0.15, 0.2) is 24.5 Å². The van der Waals surface area contributed by atoms with Crippen LogP contribution in [0.3, 0.4) is 0 Å². The Morgan fingerprint density at radius 1 is 1.12 bits per heavy atom. The molecule has 0 aromatic carbocycles. The molecule has 0 spiro atoms. The largest absolute Gasteiger partial charge is 0.301 e. The molecule has 0 atom stereocenters. The molecular weight excluding hydrogens is 208 g/mol. The number of aromatic nitrogens is 1. The Hall–Kier alpha value is -0.890. The Morgan fingerprint density at radius 2 is 1.82 bits per heavy atom. The number of unbranched alkanes of at least 4 members (excludes halogenated alkanes) is 2. The molecule has 1 aromatic heterocycles. The lowest BCUT2D eigenvalue weighted by atomic mass is 10.1. The smallest absolute Gasteiger partial charge is 0.0270 e. The molecule has 0 bridgehead atoms. The molecule has 0 amide bonds. The predicted octanol–water partition coefficient (Wildman–Crippen LogP) is 3.52. The molecule has 1 aromatic rings. The fraction of sp³-hybridized carbons (Fsp3) is 0.667. The summed E-state index contributed by atoms with van der Waals surface area (Å²) in [7, 11) is 0. The van der Waals surface area contributed by atoms with Crippen molar-refractivity contribution in [2.75, 3.05) is 13.1 Å². The van der Waals surface area contributed by atoms with Crippen LogP contribution in [-0.4, -0.2) is 29.0 Å². The summed E-state index contributed by atoms with van der Waals surface area (Å²) in [6.45, 7) is 9.23.